The second-order valence-corrected chi connectivity index (χ2v) is 14.6. The Morgan fingerprint density at radius 2 is 1.76 bits per heavy atom. The zero-order chi connectivity index (χ0) is 28.7. The van der Waals surface area contributed by atoms with Crippen molar-refractivity contribution in [2.45, 2.75) is 82.0 Å². The molecule has 4 aromatic rings. The van der Waals surface area contributed by atoms with Crippen molar-refractivity contribution in [1.29, 1.82) is 0 Å². The fourth-order valence-corrected chi connectivity index (χ4v) is 9.55. The Kier molecular flexibility index (Phi) is 6.54. The minimum absolute atomic E-state index is 0.0783. The molecule has 11 heteroatoms. The molecule has 2 N–H and O–H groups in total. The summed E-state index contributed by atoms with van der Waals surface area (Å²) in [4.78, 5) is 14.1. The van der Waals surface area contributed by atoms with Crippen molar-refractivity contribution in [2.24, 2.45) is 5.41 Å². The number of anilines is 1. The van der Waals surface area contributed by atoms with Gasteiger partial charge in [-0.05, 0) is 92.6 Å². The SMILES string of the molecule is O=C(O)c1nsc2cc(N3C4CCC3CC3(CC(NCc5c(-c6c(Cl)cccc6Cl)noc5C5CC5)C3)C4)c(Cl)cc12. The molecule has 2 saturated carbocycles. The maximum absolute atomic E-state index is 11.6. The highest BCUT2D eigenvalue weighted by molar-refractivity contribution is 7.13. The molecule has 4 heterocycles. The number of hydrogen-bond acceptors (Lipinski definition) is 7. The molecule has 0 radical (unpaired) electrons. The summed E-state index contributed by atoms with van der Waals surface area (Å²) >= 11 is 21.1. The Balaban J connectivity index is 0.970. The molecule has 42 heavy (non-hydrogen) atoms. The lowest BCUT2D eigenvalue weighted by Crippen LogP contribution is -2.57. The van der Waals surface area contributed by atoms with E-state index < -0.39 is 5.97 Å². The highest BCUT2D eigenvalue weighted by Gasteiger charge is 2.54. The van der Waals surface area contributed by atoms with Gasteiger partial charge in [-0.3, -0.25) is 0 Å². The van der Waals surface area contributed by atoms with Gasteiger partial charge in [0.25, 0.3) is 0 Å². The van der Waals surface area contributed by atoms with E-state index in [1.54, 1.807) is 6.07 Å². The number of aromatic nitrogens is 2. The van der Waals surface area contributed by atoms with Crippen LogP contribution in [0.2, 0.25) is 15.1 Å². The van der Waals surface area contributed by atoms with Crippen LogP contribution in [0.4, 0.5) is 5.69 Å². The molecule has 2 aliphatic carbocycles. The number of nitrogens with one attached hydrogen (secondary N) is 1. The molecule has 2 aliphatic heterocycles. The first-order valence-corrected chi connectivity index (χ1v) is 16.5. The summed E-state index contributed by atoms with van der Waals surface area (Å²) in [7, 11) is 0. The standard InChI is InChI=1S/C31H29Cl3N4O3S/c32-21-2-1-3-22(33)26(21)27-20(29(41-36-27)15-4-5-15)14-35-16-10-31(11-16)12-17-6-7-18(13-31)38(17)24-9-25-19(8-23(24)34)28(30(39)40)37-42-25/h1-3,8-9,15-18,35H,4-7,10-14H2,(H,39,40). The molecular formula is C31H29Cl3N4O3S. The van der Waals surface area contributed by atoms with Crippen LogP contribution in [0.25, 0.3) is 21.3 Å². The van der Waals surface area contributed by atoms with E-state index in [0.717, 1.165) is 84.3 Å². The van der Waals surface area contributed by atoms with E-state index in [1.165, 1.54) is 11.5 Å². The monoisotopic (exact) mass is 642 g/mol. The lowest BCUT2D eigenvalue weighted by Gasteiger charge is -2.56. The van der Waals surface area contributed by atoms with Crippen molar-refractivity contribution in [1.82, 2.24) is 14.8 Å². The number of carbonyl (C=O) groups is 1. The van der Waals surface area contributed by atoms with Crippen LogP contribution in [0.3, 0.4) is 0 Å². The Hall–Kier alpha value is -2.36. The van der Waals surface area contributed by atoms with Crippen molar-refractivity contribution in [3.63, 3.8) is 0 Å². The molecule has 8 rings (SSSR count). The molecule has 218 valence electrons. The van der Waals surface area contributed by atoms with Crippen molar-refractivity contribution < 1.29 is 14.4 Å². The van der Waals surface area contributed by atoms with Crippen LogP contribution < -0.4 is 10.2 Å². The maximum atomic E-state index is 11.6. The first kappa shape index (κ1) is 27.2. The number of fused-ring (bicyclic) bond motifs is 3. The number of rotatable bonds is 7. The van der Waals surface area contributed by atoms with Crippen molar-refractivity contribution in [3.05, 3.63) is 62.4 Å². The molecule has 1 spiro atoms. The van der Waals surface area contributed by atoms with Gasteiger partial charge in [0, 0.05) is 47.1 Å². The summed E-state index contributed by atoms with van der Waals surface area (Å²) in [5.74, 6) is 0.387. The second kappa shape index (κ2) is 10.1. The van der Waals surface area contributed by atoms with Crippen molar-refractivity contribution in [3.8, 4) is 11.3 Å². The van der Waals surface area contributed by atoms with Gasteiger partial charge >= 0.3 is 5.97 Å². The Morgan fingerprint density at radius 1 is 1.05 bits per heavy atom. The van der Waals surface area contributed by atoms with Crippen LogP contribution in [-0.4, -0.2) is 38.7 Å². The third kappa shape index (κ3) is 4.44. The van der Waals surface area contributed by atoms with Crippen LogP contribution in [-0.2, 0) is 6.54 Å². The van der Waals surface area contributed by atoms with Gasteiger partial charge in [-0.2, -0.15) is 4.37 Å². The van der Waals surface area contributed by atoms with Gasteiger partial charge < -0.3 is 19.8 Å². The summed E-state index contributed by atoms with van der Waals surface area (Å²) in [5, 5.41) is 20.1. The van der Waals surface area contributed by atoms with Gasteiger partial charge in [0.2, 0.25) is 0 Å². The molecule has 7 nitrogen and oxygen atoms in total. The zero-order valence-electron chi connectivity index (χ0n) is 22.7. The predicted octanol–water partition coefficient (Wildman–Crippen LogP) is 8.56. The fraction of sp³-hybridized carbons (Fsp3) is 0.452. The van der Waals surface area contributed by atoms with Crippen LogP contribution >= 0.6 is 46.3 Å². The third-order valence-electron chi connectivity index (χ3n) is 9.87. The number of carboxylic acid groups (broad SMARTS) is 1. The maximum Gasteiger partial charge on any atom is 0.356 e. The number of aromatic carboxylic acids is 1. The Labute approximate surface area is 262 Å². The van der Waals surface area contributed by atoms with Crippen LogP contribution in [0.5, 0.6) is 0 Å². The number of benzene rings is 2. The van der Waals surface area contributed by atoms with E-state index in [1.807, 2.05) is 18.2 Å². The van der Waals surface area contributed by atoms with Crippen LogP contribution in [0.15, 0.2) is 34.9 Å². The summed E-state index contributed by atoms with van der Waals surface area (Å²) in [6.07, 6.45) is 9.20. The molecule has 0 amide bonds. The number of halogens is 3. The van der Waals surface area contributed by atoms with Crippen molar-refractivity contribution in [2.75, 3.05) is 4.90 Å². The van der Waals surface area contributed by atoms with E-state index in [2.05, 4.69) is 25.8 Å². The summed E-state index contributed by atoms with van der Waals surface area (Å²) in [6, 6.07) is 10.7. The van der Waals surface area contributed by atoms with Crippen LogP contribution in [0, 0.1) is 5.41 Å². The molecule has 2 bridgehead atoms. The summed E-state index contributed by atoms with van der Waals surface area (Å²) in [6.45, 7) is 0.689. The average molecular weight is 644 g/mol. The quantitative estimate of drug-likeness (QED) is 0.208. The van der Waals surface area contributed by atoms with Gasteiger partial charge in [0.15, 0.2) is 5.69 Å². The molecule has 4 fully saturated rings. The van der Waals surface area contributed by atoms with Gasteiger partial charge in [0.05, 0.1) is 25.5 Å². The molecule has 4 aliphatic rings. The minimum Gasteiger partial charge on any atom is -0.476 e. The first-order chi connectivity index (χ1) is 20.3. The first-order valence-electron chi connectivity index (χ1n) is 14.6. The molecule has 2 unspecified atom stereocenters. The lowest BCUT2D eigenvalue weighted by atomic mass is 9.58. The van der Waals surface area contributed by atoms with E-state index >= 15 is 0 Å². The van der Waals surface area contributed by atoms with Gasteiger partial charge in [-0.25, -0.2) is 4.79 Å². The van der Waals surface area contributed by atoms with Gasteiger partial charge in [0.1, 0.15) is 11.5 Å². The van der Waals surface area contributed by atoms with Gasteiger partial charge in [-0.15, -0.1) is 0 Å². The zero-order valence-corrected chi connectivity index (χ0v) is 25.8. The number of carboxylic acids is 1. The van der Waals surface area contributed by atoms with Crippen molar-refractivity contribution >= 4 is 68.1 Å². The molecule has 2 atom stereocenters. The van der Waals surface area contributed by atoms with E-state index in [0.29, 0.717) is 56.5 Å². The number of piperidine rings is 1. The smallest absolute Gasteiger partial charge is 0.356 e. The fourth-order valence-electron chi connectivity index (χ4n) is 7.93. The van der Waals surface area contributed by atoms with E-state index in [4.69, 9.17) is 39.3 Å². The largest absolute Gasteiger partial charge is 0.476 e. The third-order valence-corrected chi connectivity index (χ3v) is 11.6. The number of hydrogen-bond donors (Lipinski definition) is 2. The van der Waals surface area contributed by atoms with E-state index in [9.17, 15) is 9.90 Å². The summed E-state index contributed by atoms with van der Waals surface area (Å²) < 4.78 is 10.9. The Morgan fingerprint density at radius 3 is 2.43 bits per heavy atom. The lowest BCUT2D eigenvalue weighted by molar-refractivity contribution is 0.0348. The molecule has 2 aromatic heterocycles. The average Bonchev–Trinajstić information content (AvgIpc) is 3.48. The minimum atomic E-state index is -1.02. The Bertz CT molecular complexity index is 1690. The van der Waals surface area contributed by atoms with Gasteiger partial charge in [-0.1, -0.05) is 46.0 Å². The molecule has 2 aromatic carbocycles. The predicted molar refractivity (Wildman–Crippen MR) is 166 cm³/mol. The molecular weight excluding hydrogens is 615 g/mol. The van der Waals surface area contributed by atoms with Crippen LogP contribution in [0.1, 0.15) is 79.1 Å². The number of nitrogens with zero attached hydrogens (tertiary/aromatic N) is 3. The highest BCUT2D eigenvalue weighted by Crippen LogP contribution is 2.58. The topological polar surface area (TPSA) is 91.5 Å². The molecule has 2 saturated heterocycles. The van der Waals surface area contributed by atoms with E-state index in [-0.39, 0.29) is 5.69 Å². The summed E-state index contributed by atoms with van der Waals surface area (Å²) in [5.41, 5.74) is 4.03. The second-order valence-electron chi connectivity index (χ2n) is 12.6. The highest BCUT2D eigenvalue weighted by atomic mass is 35.5. The normalized spacial score (nSPS) is 26.7.